The Morgan fingerprint density at radius 2 is 1.74 bits per heavy atom. The molecule has 0 aliphatic carbocycles. The summed E-state index contributed by atoms with van der Waals surface area (Å²) in [5.74, 6) is -0.861. The Hall–Kier alpha value is -4.31. The molecule has 0 saturated carbocycles. The zero-order valence-electron chi connectivity index (χ0n) is 20.7. The summed E-state index contributed by atoms with van der Waals surface area (Å²) in [7, 11) is 0. The fraction of sp³-hybridized carbons (Fsp3) is 0.179. The van der Waals surface area contributed by atoms with Crippen LogP contribution in [0.5, 0.6) is 0 Å². The van der Waals surface area contributed by atoms with Gasteiger partial charge in [-0.05, 0) is 61.0 Å². The molecule has 1 heterocycles. The molecule has 4 rings (SSSR count). The van der Waals surface area contributed by atoms with Crippen LogP contribution in [-0.4, -0.2) is 34.3 Å². The van der Waals surface area contributed by atoms with E-state index >= 15 is 0 Å². The summed E-state index contributed by atoms with van der Waals surface area (Å²) < 4.78 is 45.8. The SMILES string of the molecule is CCOC(=O)C(Cc1ccc(Cl)cc1)NC(=O)c1ccc(-n2nc(-c3cccc(C(F)(F)F)c3)cc2N)cc1. The summed E-state index contributed by atoms with van der Waals surface area (Å²) in [6.45, 7) is 1.84. The van der Waals surface area contributed by atoms with Gasteiger partial charge in [0.05, 0.1) is 23.6 Å². The Morgan fingerprint density at radius 1 is 1.05 bits per heavy atom. The first-order valence-electron chi connectivity index (χ1n) is 11.9. The van der Waals surface area contributed by atoms with E-state index in [1.165, 1.54) is 35.0 Å². The Bertz CT molecular complexity index is 1470. The zero-order chi connectivity index (χ0) is 28.2. The maximum absolute atomic E-state index is 13.1. The standard InChI is InChI=1S/C28H24ClF3N4O3/c1-2-39-27(38)24(14-17-6-10-21(29)11-7-17)34-26(37)18-8-12-22(13-9-18)36-25(33)16-23(35-36)19-4-3-5-20(15-19)28(30,31)32/h3-13,15-16,24H,2,14,33H2,1H3,(H,34,37). The Labute approximate surface area is 227 Å². The summed E-state index contributed by atoms with van der Waals surface area (Å²) in [6.07, 6.45) is -4.27. The molecule has 4 aromatic rings. The van der Waals surface area contributed by atoms with Gasteiger partial charge in [0.15, 0.2) is 0 Å². The Morgan fingerprint density at radius 3 is 2.38 bits per heavy atom. The predicted molar refractivity (Wildman–Crippen MR) is 141 cm³/mol. The van der Waals surface area contributed by atoms with Crippen molar-refractivity contribution >= 4 is 29.3 Å². The van der Waals surface area contributed by atoms with Crippen LogP contribution in [0.2, 0.25) is 5.02 Å². The molecule has 0 spiro atoms. The molecular weight excluding hydrogens is 533 g/mol. The van der Waals surface area contributed by atoms with E-state index in [0.29, 0.717) is 10.7 Å². The van der Waals surface area contributed by atoms with Crippen molar-refractivity contribution in [3.8, 4) is 16.9 Å². The van der Waals surface area contributed by atoms with Crippen LogP contribution in [0.4, 0.5) is 19.0 Å². The van der Waals surface area contributed by atoms with Gasteiger partial charge in [0.1, 0.15) is 11.9 Å². The highest BCUT2D eigenvalue weighted by Crippen LogP contribution is 2.32. The van der Waals surface area contributed by atoms with Crippen molar-refractivity contribution < 1.29 is 27.5 Å². The Kier molecular flexibility index (Phi) is 8.25. The maximum Gasteiger partial charge on any atom is 0.416 e. The number of carbonyl (C=O) groups is 2. The molecule has 3 N–H and O–H groups in total. The second kappa shape index (κ2) is 11.6. The predicted octanol–water partition coefficient (Wildman–Crippen LogP) is 5.70. The van der Waals surface area contributed by atoms with Crippen molar-refractivity contribution in [2.24, 2.45) is 0 Å². The van der Waals surface area contributed by atoms with Crippen molar-refractivity contribution in [3.63, 3.8) is 0 Å². The second-order valence-corrected chi connectivity index (χ2v) is 9.04. The lowest BCUT2D eigenvalue weighted by Gasteiger charge is -2.18. The highest BCUT2D eigenvalue weighted by molar-refractivity contribution is 6.30. The lowest BCUT2D eigenvalue weighted by molar-refractivity contribution is -0.145. The van der Waals surface area contributed by atoms with Gasteiger partial charge >= 0.3 is 12.1 Å². The average Bonchev–Trinajstić information content (AvgIpc) is 3.31. The number of halogens is 4. The minimum absolute atomic E-state index is 0.161. The number of nitrogens with zero attached hydrogens (tertiary/aromatic N) is 2. The first kappa shape index (κ1) is 27.7. The molecule has 1 atom stereocenters. The number of aromatic nitrogens is 2. The van der Waals surface area contributed by atoms with Gasteiger partial charge in [0.25, 0.3) is 5.91 Å². The van der Waals surface area contributed by atoms with E-state index in [4.69, 9.17) is 22.1 Å². The smallest absolute Gasteiger partial charge is 0.416 e. The number of rotatable bonds is 8. The molecule has 0 bridgehead atoms. The molecule has 0 fully saturated rings. The lowest BCUT2D eigenvalue weighted by Crippen LogP contribution is -2.43. The van der Waals surface area contributed by atoms with Crippen LogP contribution in [0, 0.1) is 0 Å². The van der Waals surface area contributed by atoms with Crippen LogP contribution in [0.15, 0.2) is 78.9 Å². The molecule has 0 aliphatic heterocycles. The first-order valence-corrected chi connectivity index (χ1v) is 12.3. The molecule has 39 heavy (non-hydrogen) atoms. The number of nitrogen functional groups attached to an aromatic ring is 1. The summed E-state index contributed by atoms with van der Waals surface area (Å²) >= 11 is 5.93. The molecule has 0 aliphatic rings. The van der Waals surface area contributed by atoms with Crippen LogP contribution >= 0.6 is 11.6 Å². The van der Waals surface area contributed by atoms with Gasteiger partial charge in [-0.25, -0.2) is 9.48 Å². The van der Waals surface area contributed by atoms with Crippen LogP contribution in [0.3, 0.4) is 0 Å². The van der Waals surface area contributed by atoms with E-state index < -0.39 is 29.7 Å². The minimum atomic E-state index is -4.48. The number of nitrogens with two attached hydrogens (primary N) is 1. The van der Waals surface area contributed by atoms with Gasteiger partial charge in [-0.1, -0.05) is 35.9 Å². The van der Waals surface area contributed by atoms with Gasteiger partial charge < -0.3 is 15.8 Å². The number of anilines is 1. The average molecular weight is 557 g/mol. The molecule has 11 heteroatoms. The van der Waals surface area contributed by atoms with E-state index in [1.807, 2.05) is 0 Å². The third-order valence-corrected chi connectivity index (χ3v) is 6.08. The highest BCUT2D eigenvalue weighted by atomic mass is 35.5. The molecule has 7 nitrogen and oxygen atoms in total. The number of ether oxygens (including phenoxy) is 1. The number of alkyl halides is 3. The number of benzene rings is 3. The van der Waals surface area contributed by atoms with Crippen LogP contribution < -0.4 is 11.1 Å². The first-order chi connectivity index (χ1) is 18.5. The summed E-state index contributed by atoms with van der Waals surface area (Å²) in [4.78, 5) is 25.4. The van der Waals surface area contributed by atoms with Crippen molar-refractivity contribution in [2.75, 3.05) is 12.3 Å². The molecular formula is C28H24ClF3N4O3. The number of amides is 1. The molecule has 1 aromatic heterocycles. The number of esters is 1. The fourth-order valence-electron chi connectivity index (χ4n) is 3.89. The van der Waals surface area contributed by atoms with Gasteiger partial charge in [-0.2, -0.15) is 18.3 Å². The van der Waals surface area contributed by atoms with Crippen molar-refractivity contribution in [1.29, 1.82) is 0 Å². The molecule has 3 aromatic carbocycles. The van der Waals surface area contributed by atoms with Gasteiger partial charge in [-0.3, -0.25) is 4.79 Å². The zero-order valence-corrected chi connectivity index (χ0v) is 21.5. The largest absolute Gasteiger partial charge is 0.464 e. The molecule has 202 valence electrons. The normalized spacial score (nSPS) is 12.1. The quantitative estimate of drug-likeness (QED) is 0.271. The van der Waals surface area contributed by atoms with Crippen molar-refractivity contribution in [3.05, 3.63) is 101 Å². The monoisotopic (exact) mass is 556 g/mol. The lowest BCUT2D eigenvalue weighted by atomic mass is 10.1. The third-order valence-electron chi connectivity index (χ3n) is 5.83. The van der Waals surface area contributed by atoms with E-state index in [9.17, 15) is 22.8 Å². The summed E-state index contributed by atoms with van der Waals surface area (Å²) in [5.41, 5.74) is 7.37. The number of nitrogens with one attached hydrogen (secondary N) is 1. The molecule has 0 saturated heterocycles. The fourth-order valence-corrected chi connectivity index (χ4v) is 4.01. The Balaban J connectivity index is 1.51. The molecule has 1 unspecified atom stereocenters. The van der Waals surface area contributed by atoms with Gasteiger partial charge in [-0.15, -0.1) is 0 Å². The van der Waals surface area contributed by atoms with Crippen LogP contribution in [0.25, 0.3) is 16.9 Å². The highest BCUT2D eigenvalue weighted by Gasteiger charge is 2.30. The minimum Gasteiger partial charge on any atom is -0.464 e. The maximum atomic E-state index is 13.1. The van der Waals surface area contributed by atoms with E-state index in [0.717, 1.165) is 17.7 Å². The summed E-state index contributed by atoms with van der Waals surface area (Å²) in [5, 5.41) is 7.61. The topological polar surface area (TPSA) is 99.2 Å². The van der Waals surface area contributed by atoms with Crippen molar-refractivity contribution in [1.82, 2.24) is 15.1 Å². The van der Waals surface area contributed by atoms with E-state index in [-0.39, 0.29) is 35.7 Å². The van der Waals surface area contributed by atoms with E-state index in [2.05, 4.69) is 10.4 Å². The van der Waals surface area contributed by atoms with E-state index in [1.54, 1.807) is 43.3 Å². The summed E-state index contributed by atoms with van der Waals surface area (Å²) in [6, 6.07) is 18.5. The molecule has 0 radical (unpaired) electrons. The van der Waals surface area contributed by atoms with Gasteiger partial charge in [0, 0.05) is 28.6 Å². The third kappa shape index (κ3) is 6.77. The van der Waals surface area contributed by atoms with Crippen LogP contribution in [0.1, 0.15) is 28.4 Å². The number of carbonyl (C=O) groups excluding carboxylic acids is 2. The van der Waals surface area contributed by atoms with Gasteiger partial charge in [0.2, 0.25) is 0 Å². The molecule has 1 amide bonds. The second-order valence-electron chi connectivity index (χ2n) is 8.60. The number of hydrogen-bond donors (Lipinski definition) is 2. The van der Waals surface area contributed by atoms with Crippen molar-refractivity contribution in [2.45, 2.75) is 25.6 Å². The van der Waals surface area contributed by atoms with Crippen LogP contribution in [-0.2, 0) is 22.1 Å². The number of hydrogen-bond acceptors (Lipinski definition) is 5.